The number of hydrogen-bond donors (Lipinski definition) is 3. The first-order valence-corrected chi connectivity index (χ1v) is 7.04. The molecule has 7 nitrogen and oxygen atoms in total. The zero-order valence-electron chi connectivity index (χ0n) is 11.7. The van der Waals surface area contributed by atoms with Gasteiger partial charge in [0.05, 0.1) is 19.3 Å². The van der Waals surface area contributed by atoms with Crippen molar-refractivity contribution in [2.24, 2.45) is 5.92 Å². The summed E-state index contributed by atoms with van der Waals surface area (Å²) >= 11 is 0. The maximum atomic E-state index is 10.7. The first kappa shape index (κ1) is 14.9. The molecule has 1 aliphatic rings. The van der Waals surface area contributed by atoms with Crippen LogP contribution in [0.3, 0.4) is 0 Å². The number of hydrogen-bond acceptors (Lipinski definition) is 5. The van der Waals surface area contributed by atoms with Crippen molar-refractivity contribution in [3.8, 4) is 0 Å². The zero-order chi connectivity index (χ0) is 14.6. The van der Waals surface area contributed by atoms with Crippen LogP contribution < -0.4 is 5.32 Å². The molecule has 7 heteroatoms. The predicted molar refractivity (Wildman–Crippen MR) is 72.4 cm³/mol. The highest BCUT2D eigenvalue weighted by molar-refractivity contribution is 5.84. The van der Waals surface area contributed by atoms with Gasteiger partial charge < -0.3 is 15.5 Å². The molecule has 0 bridgehead atoms. The Morgan fingerprint density at radius 3 is 2.80 bits per heavy atom. The van der Waals surface area contributed by atoms with E-state index in [0.717, 1.165) is 31.6 Å². The molecule has 1 saturated carbocycles. The second-order valence-electron chi connectivity index (χ2n) is 5.72. The summed E-state index contributed by atoms with van der Waals surface area (Å²) < 4.78 is 1.51. The lowest BCUT2D eigenvalue weighted by Gasteiger charge is -2.39. The van der Waals surface area contributed by atoms with Crippen molar-refractivity contribution in [1.82, 2.24) is 20.3 Å². The summed E-state index contributed by atoms with van der Waals surface area (Å²) in [4.78, 5) is 10.7. The second kappa shape index (κ2) is 6.32. The number of rotatable bonds is 6. The van der Waals surface area contributed by atoms with Crippen LogP contribution in [0.5, 0.6) is 0 Å². The lowest BCUT2D eigenvalue weighted by atomic mass is 9.77. The normalized spacial score (nSPS) is 26.6. The first-order valence-electron chi connectivity index (χ1n) is 7.04. The summed E-state index contributed by atoms with van der Waals surface area (Å²) in [5, 5.41) is 29.1. The minimum Gasteiger partial charge on any atom is -0.476 e. The van der Waals surface area contributed by atoms with Gasteiger partial charge in [0, 0.05) is 12.1 Å². The number of carbonyl (C=O) groups is 1. The second-order valence-corrected chi connectivity index (χ2v) is 5.72. The van der Waals surface area contributed by atoms with E-state index in [1.807, 2.05) is 0 Å². The van der Waals surface area contributed by atoms with Crippen molar-refractivity contribution >= 4 is 5.97 Å². The fraction of sp³-hybridized carbons (Fsp3) is 0.769. The van der Waals surface area contributed by atoms with Gasteiger partial charge in [-0.05, 0) is 31.6 Å². The van der Waals surface area contributed by atoms with E-state index >= 15 is 0 Å². The molecule has 0 aliphatic heterocycles. The molecule has 20 heavy (non-hydrogen) atoms. The van der Waals surface area contributed by atoms with E-state index in [1.54, 1.807) is 0 Å². The van der Waals surface area contributed by atoms with Gasteiger partial charge in [-0.25, -0.2) is 4.79 Å². The topological polar surface area (TPSA) is 100 Å². The van der Waals surface area contributed by atoms with Crippen molar-refractivity contribution in [2.75, 3.05) is 13.2 Å². The zero-order valence-corrected chi connectivity index (χ0v) is 11.7. The number of aliphatic hydroxyl groups excluding tert-OH is 1. The van der Waals surface area contributed by atoms with Crippen LogP contribution in [0.15, 0.2) is 6.20 Å². The van der Waals surface area contributed by atoms with Gasteiger partial charge in [0.1, 0.15) is 0 Å². The largest absolute Gasteiger partial charge is 0.476 e. The maximum absolute atomic E-state index is 10.7. The van der Waals surface area contributed by atoms with Crippen LogP contribution in [0.25, 0.3) is 0 Å². The molecular formula is C13H22N4O3. The monoisotopic (exact) mass is 282 g/mol. The molecule has 1 aliphatic carbocycles. The fourth-order valence-corrected chi connectivity index (χ4v) is 2.65. The molecule has 1 aromatic rings. The highest BCUT2D eigenvalue weighted by Crippen LogP contribution is 2.31. The number of carboxylic acid groups (broad SMARTS) is 1. The molecule has 0 amide bonds. The molecular weight excluding hydrogens is 260 g/mol. The Hall–Kier alpha value is -1.47. The van der Waals surface area contributed by atoms with Gasteiger partial charge in [0.2, 0.25) is 0 Å². The lowest BCUT2D eigenvalue weighted by Crippen LogP contribution is -2.51. The van der Waals surface area contributed by atoms with E-state index in [4.69, 9.17) is 5.11 Å². The molecule has 0 unspecified atom stereocenters. The quantitative estimate of drug-likeness (QED) is 0.703. The number of carboxylic acids is 1. The van der Waals surface area contributed by atoms with Crippen LogP contribution in [0.4, 0.5) is 0 Å². The highest BCUT2D eigenvalue weighted by atomic mass is 16.4. The van der Waals surface area contributed by atoms with Gasteiger partial charge in [-0.3, -0.25) is 4.68 Å². The van der Waals surface area contributed by atoms with E-state index in [2.05, 4.69) is 22.6 Å². The van der Waals surface area contributed by atoms with Gasteiger partial charge in [-0.2, -0.15) is 0 Å². The molecule has 0 radical (unpaired) electrons. The van der Waals surface area contributed by atoms with Crippen molar-refractivity contribution in [3.63, 3.8) is 0 Å². The average Bonchev–Trinajstić information content (AvgIpc) is 2.90. The number of nitrogens with one attached hydrogen (secondary N) is 1. The molecule has 1 aromatic heterocycles. The van der Waals surface area contributed by atoms with Crippen molar-refractivity contribution in [3.05, 3.63) is 11.9 Å². The Balaban J connectivity index is 1.83. The van der Waals surface area contributed by atoms with Gasteiger partial charge in [-0.1, -0.05) is 12.1 Å². The van der Waals surface area contributed by atoms with Crippen molar-refractivity contribution in [1.29, 1.82) is 0 Å². The van der Waals surface area contributed by atoms with Gasteiger partial charge in [-0.15, -0.1) is 5.10 Å². The first-order chi connectivity index (χ1) is 9.54. The predicted octanol–water partition coefficient (Wildman–Crippen LogP) is 0.507. The van der Waals surface area contributed by atoms with E-state index in [9.17, 15) is 9.90 Å². The molecule has 1 heterocycles. The summed E-state index contributed by atoms with van der Waals surface area (Å²) in [6, 6.07) is 0. The lowest BCUT2D eigenvalue weighted by molar-refractivity contribution is 0.0690. The van der Waals surface area contributed by atoms with E-state index < -0.39 is 5.97 Å². The molecule has 0 atom stereocenters. The Labute approximate surface area is 118 Å². The van der Waals surface area contributed by atoms with Crippen molar-refractivity contribution in [2.45, 2.75) is 44.7 Å². The highest BCUT2D eigenvalue weighted by Gasteiger charge is 2.32. The average molecular weight is 282 g/mol. The minimum absolute atomic E-state index is 0.0478. The molecule has 1 fully saturated rings. The summed E-state index contributed by atoms with van der Waals surface area (Å²) in [7, 11) is 0. The Bertz CT molecular complexity index is 452. The molecule has 3 N–H and O–H groups in total. The van der Waals surface area contributed by atoms with Crippen LogP contribution in [-0.2, 0) is 6.54 Å². The third-order valence-electron chi connectivity index (χ3n) is 4.13. The van der Waals surface area contributed by atoms with Gasteiger partial charge in [0.15, 0.2) is 5.69 Å². The Morgan fingerprint density at radius 1 is 1.55 bits per heavy atom. The van der Waals surface area contributed by atoms with Crippen LogP contribution in [0.2, 0.25) is 0 Å². The van der Waals surface area contributed by atoms with Gasteiger partial charge >= 0.3 is 5.97 Å². The van der Waals surface area contributed by atoms with E-state index in [1.165, 1.54) is 10.9 Å². The summed E-state index contributed by atoms with van der Waals surface area (Å²) in [6.07, 6.45) is 5.61. The van der Waals surface area contributed by atoms with E-state index in [0.29, 0.717) is 13.1 Å². The molecule has 0 saturated heterocycles. The summed E-state index contributed by atoms with van der Waals surface area (Å²) in [6.45, 7) is 3.55. The summed E-state index contributed by atoms with van der Waals surface area (Å²) in [5.74, 6) is -0.345. The standard InChI is InChI=1S/C13H22N4O3/c1-10-2-4-13(9-18,5-3-10)14-6-7-17-8-11(12(19)20)15-16-17/h8,10,14,18H,2-7,9H2,1H3,(H,19,20). The van der Waals surface area contributed by atoms with Crippen LogP contribution in [0, 0.1) is 5.92 Å². The molecule has 0 aromatic carbocycles. The molecule has 2 rings (SSSR count). The molecule has 0 spiro atoms. The third kappa shape index (κ3) is 3.55. The number of aliphatic hydroxyl groups is 1. The van der Waals surface area contributed by atoms with Crippen LogP contribution in [0.1, 0.15) is 43.1 Å². The Morgan fingerprint density at radius 2 is 2.25 bits per heavy atom. The molecule has 112 valence electrons. The van der Waals surface area contributed by atoms with Crippen LogP contribution in [-0.4, -0.2) is 49.9 Å². The maximum Gasteiger partial charge on any atom is 0.358 e. The van der Waals surface area contributed by atoms with E-state index in [-0.39, 0.29) is 17.8 Å². The third-order valence-corrected chi connectivity index (χ3v) is 4.13. The van der Waals surface area contributed by atoms with Gasteiger partial charge in [0.25, 0.3) is 0 Å². The van der Waals surface area contributed by atoms with Crippen molar-refractivity contribution < 1.29 is 15.0 Å². The number of aromatic nitrogens is 3. The Kier molecular flexibility index (Phi) is 4.72. The minimum atomic E-state index is -1.07. The SMILES string of the molecule is CC1CCC(CO)(NCCn2cc(C(=O)O)nn2)CC1. The number of aromatic carboxylic acids is 1. The fourth-order valence-electron chi connectivity index (χ4n) is 2.65. The smallest absolute Gasteiger partial charge is 0.358 e. The van der Waals surface area contributed by atoms with Crippen LogP contribution >= 0.6 is 0 Å². The number of nitrogens with zero attached hydrogens (tertiary/aromatic N) is 3. The summed E-state index contributed by atoms with van der Waals surface area (Å²) in [5.41, 5.74) is -0.240.